The largest absolute Gasteiger partial charge is 0.444 e. The van der Waals surface area contributed by atoms with Crippen LogP contribution in [-0.4, -0.2) is 52.4 Å². The molecule has 3 aliphatic rings. The molecule has 6 nitrogen and oxygen atoms in total. The quantitative estimate of drug-likeness (QED) is 0.764. The molecule has 6 heteroatoms. The maximum Gasteiger partial charge on any atom is 0.410 e. The van der Waals surface area contributed by atoms with Gasteiger partial charge in [0.15, 0.2) is 0 Å². The van der Waals surface area contributed by atoms with Gasteiger partial charge in [-0.05, 0) is 57.6 Å². The second-order valence-corrected chi connectivity index (χ2v) is 8.73. The molecular weight excluding hydrogens is 332 g/mol. The van der Waals surface area contributed by atoms with Crippen molar-refractivity contribution in [2.75, 3.05) is 13.1 Å². The van der Waals surface area contributed by atoms with Gasteiger partial charge in [-0.1, -0.05) is 12.1 Å². The summed E-state index contributed by atoms with van der Waals surface area (Å²) >= 11 is 0. The first-order valence-electron chi connectivity index (χ1n) is 9.14. The zero-order valence-electron chi connectivity index (χ0n) is 15.4. The molecule has 0 bridgehead atoms. The summed E-state index contributed by atoms with van der Waals surface area (Å²) in [7, 11) is 0. The summed E-state index contributed by atoms with van der Waals surface area (Å²) in [4.78, 5) is 41.0. The average molecular weight is 356 g/mol. The fraction of sp³-hybridized carbons (Fsp3) is 0.550. The average Bonchev–Trinajstić information content (AvgIpc) is 3.15. The topological polar surface area (TPSA) is 66.9 Å². The van der Waals surface area contributed by atoms with Gasteiger partial charge in [-0.3, -0.25) is 14.5 Å². The van der Waals surface area contributed by atoms with Crippen LogP contribution in [0.2, 0.25) is 0 Å². The van der Waals surface area contributed by atoms with Crippen molar-refractivity contribution in [3.05, 3.63) is 35.4 Å². The number of hydrogen-bond acceptors (Lipinski definition) is 4. The van der Waals surface area contributed by atoms with Crippen molar-refractivity contribution in [2.24, 2.45) is 5.41 Å². The van der Waals surface area contributed by atoms with E-state index in [0.29, 0.717) is 17.7 Å². The number of amides is 3. The van der Waals surface area contributed by atoms with Crippen molar-refractivity contribution in [3.63, 3.8) is 0 Å². The molecule has 2 heterocycles. The van der Waals surface area contributed by atoms with E-state index in [1.54, 1.807) is 29.2 Å². The van der Waals surface area contributed by atoms with Crippen LogP contribution in [0.15, 0.2) is 24.3 Å². The molecule has 0 N–H and O–H groups in total. The monoisotopic (exact) mass is 356 g/mol. The number of ether oxygens (including phenoxy) is 1. The van der Waals surface area contributed by atoms with Crippen LogP contribution >= 0.6 is 0 Å². The Labute approximate surface area is 153 Å². The number of fused-ring (bicyclic) bond motifs is 1. The molecule has 2 fully saturated rings. The van der Waals surface area contributed by atoms with Crippen LogP contribution in [0.3, 0.4) is 0 Å². The minimum absolute atomic E-state index is 0.153. The van der Waals surface area contributed by atoms with Crippen LogP contribution in [0.1, 0.15) is 60.7 Å². The van der Waals surface area contributed by atoms with Gasteiger partial charge in [-0.2, -0.15) is 0 Å². The van der Waals surface area contributed by atoms with Crippen LogP contribution in [-0.2, 0) is 4.74 Å². The van der Waals surface area contributed by atoms with Gasteiger partial charge in [-0.15, -0.1) is 0 Å². The van der Waals surface area contributed by atoms with E-state index in [4.69, 9.17) is 4.74 Å². The summed E-state index contributed by atoms with van der Waals surface area (Å²) in [6.45, 7) is 6.40. The Kier molecular flexibility index (Phi) is 3.65. The predicted octanol–water partition coefficient (Wildman–Crippen LogP) is 3.07. The standard InChI is InChI=1S/C20H24N2O4/c1-19(2,3)26-18(25)22-12-20(8-9-20)10-13(22)11-21-16(23)14-6-4-5-7-15(14)17(21)24/h4-7,13H,8-12H2,1-3H3/t13-/m0/s1. The van der Waals surface area contributed by atoms with Gasteiger partial charge in [0.2, 0.25) is 0 Å². The Hall–Kier alpha value is -2.37. The molecule has 1 aromatic rings. The third kappa shape index (κ3) is 2.87. The Morgan fingerprint density at radius 2 is 1.73 bits per heavy atom. The molecule has 3 amide bonds. The summed E-state index contributed by atoms with van der Waals surface area (Å²) in [5.41, 5.74) is 0.470. The lowest BCUT2D eigenvalue weighted by molar-refractivity contribution is 0.0186. The highest BCUT2D eigenvalue weighted by Crippen LogP contribution is 2.55. The highest BCUT2D eigenvalue weighted by atomic mass is 16.6. The third-order valence-electron chi connectivity index (χ3n) is 5.47. The van der Waals surface area contributed by atoms with Crippen LogP contribution in [0.5, 0.6) is 0 Å². The number of hydrogen-bond donors (Lipinski definition) is 0. The Morgan fingerprint density at radius 1 is 1.15 bits per heavy atom. The first kappa shape index (κ1) is 17.1. The molecule has 1 aromatic carbocycles. The molecule has 26 heavy (non-hydrogen) atoms. The second kappa shape index (κ2) is 5.56. The molecule has 1 spiro atoms. The van der Waals surface area contributed by atoms with Gasteiger partial charge in [0.25, 0.3) is 11.8 Å². The van der Waals surface area contributed by atoms with Gasteiger partial charge in [0.1, 0.15) is 5.60 Å². The molecule has 1 saturated carbocycles. The molecule has 0 radical (unpaired) electrons. The van der Waals surface area contributed by atoms with E-state index in [-0.39, 0.29) is 35.9 Å². The maximum absolute atomic E-state index is 12.7. The first-order valence-corrected chi connectivity index (χ1v) is 9.14. The van der Waals surface area contributed by atoms with Crippen molar-refractivity contribution in [1.29, 1.82) is 0 Å². The fourth-order valence-corrected chi connectivity index (χ4v) is 4.02. The van der Waals surface area contributed by atoms with Crippen molar-refractivity contribution < 1.29 is 19.1 Å². The highest BCUT2D eigenvalue weighted by Gasteiger charge is 2.55. The Balaban J connectivity index is 1.54. The SMILES string of the molecule is CC(C)(C)OC(=O)N1CC2(CC2)C[C@H]1CN1C(=O)c2ccccc2C1=O. The molecule has 1 atom stereocenters. The summed E-state index contributed by atoms with van der Waals surface area (Å²) in [5, 5.41) is 0. The summed E-state index contributed by atoms with van der Waals surface area (Å²) in [5.74, 6) is -0.544. The zero-order chi connectivity index (χ0) is 18.7. The van der Waals surface area contributed by atoms with Crippen LogP contribution in [0, 0.1) is 5.41 Å². The number of carbonyl (C=O) groups is 3. The number of rotatable bonds is 2. The fourth-order valence-electron chi connectivity index (χ4n) is 4.02. The van der Waals surface area contributed by atoms with Crippen LogP contribution < -0.4 is 0 Å². The van der Waals surface area contributed by atoms with Crippen molar-refractivity contribution in [2.45, 2.75) is 51.7 Å². The zero-order valence-corrected chi connectivity index (χ0v) is 15.4. The Bertz CT molecular complexity index is 756. The van der Waals surface area contributed by atoms with E-state index in [0.717, 1.165) is 19.3 Å². The molecule has 4 rings (SSSR count). The van der Waals surface area contributed by atoms with E-state index in [2.05, 4.69) is 0 Å². The lowest BCUT2D eigenvalue weighted by Gasteiger charge is -2.30. The van der Waals surface area contributed by atoms with E-state index < -0.39 is 5.60 Å². The predicted molar refractivity (Wildman–Crippen MR) is 94.8 cm³/mol. The van der Waals surface area contributed by atoms with Crippen LogP contribution in [0.4, 0.5) is 4.79 Å². The minimum atomic E-state index is -0.573. The lowest BCUT2D eigenvalue weighted by Crippen LogP contribution is -2.46. The lowest BCUT2D eigenvalue weighted by atomic mass is 10.0. The number of likely N-dealkylation sites (tertiary alicyclic amines) is 1. The number of benzene rings is 1. The number of carbonyl (C=O) groups excluding carboxylic acids is 3. The normalized spacial score (nSPS) is 23.6. The van der Waals surface area contributed by atoms with E-state index in [9.17, 15) is 14.4 Å². The van der Waals surface area contributed by atoms with Crippen molar-refractivity contribution in [3.8, 4) is 0 Å². The third-order valence-corrected chi connectivity index (χ3v) is 5.47. The molecule has 0 unspecified atom stereocenters. The van der Waals surface area contributed by atoms with Gasteiger partial charge in [0.05, 0.1) is 17.2 Å². The van der Waals surface area contributed by atoms with Crippen molar-refractivity contribution >= 4 is 17.9 Å². The van der Waals surface area contributed by atoms with Gasteiger partial charge in [0, 0.05) is 13.1 Å². The maximum atomic E-state index is 12.7. The highest BCUT2D eigenvalue weighted by molar-refractivity contribution is 6.21. The molecule has 138 valence electrons. The summed E-state index contributed by atoms with van der Waals surface area (Å²) in [6, 6.07) is 6.69. The van der Waals surface area contributed by atoms with Crippen LogP contribution in [0.25, 0.3) is 0 Å². The van der Waals surface area contributed by atoms with Crippen molar-refractivity contribution in [1.82, 2.24) is 9.80 Å². The minimum Gasteiger partial charge on any atom is -0.444 e. The molecule has 1 saturated heterocycles. The van der Waals surface area contributed by atoms with E-state index in [1.165, 1.54) is 4.90 Å². The smallest absolute Gasteiger partial charge is 0.410 e. The molecule has 2 aliphatic heterocycles. The second-order valence-electron chi connectivity index (χ2n) is 8.73. The summed E-state index contributed by atoms with van der Waals surface area (Å²) < 4.78 is 5.55. The van der Waals surface area contributed by atoms with Gasteiger partial charge >= 0.3 is 6.09 Å². The van der Waals surface area contributed by atoms with Gasteiger partial charge < -0.3 is 9.64 Å². The first-order chi connectivity index (χ1) is 12.2. The number of nitrogens with zero attached hydrogens (tertiary/aromatic N) is 2. The molecular formula is C20H24N2O4. The summed E-state index contributed by atoms with van der Waals surface area (Å²) in [6.07, 6.45) is 2.64. The van der Waals surface area contributed by atoms with E-state index in [1.807, 2.05) is 20.8 Å². The van der Waals surface area contributed by atoms with Gasteiger partial charge in [-0.25, -0.2) is 4.79 Å². The molecule has 1 aliphatic carbocycles. The Morgan fingerprint density at radius 3 is 2.23 bits per heavy atom. The molecule has 0 aromatic heterocycles. The number of imide groups is 1. The van der Waals surface area contributed by atoms with E-state index >= 15 is 0 Å².